The highest BCUT2D eigenvalue weighted by atomic mass is 31.2. The zero-order valence-corrected chi connectivity index (χ0v) is 31.5. The molecule has 2 unspecified atom stereocenters. The van der Waals surface area contributed by atoms with Gasteiger partial charge in [0.1, 0.15) is 29.9 Å². The number of aromatic nitrogens is 2. The topological polar surface area (TPSA) is 148 Å². The SMILES string of the molecule is COc1ccc(C(c2ccccc2)(c2ccc(OC)cc2)C(O)[C@H]2O[C@@H](n3cc(F)c(=O)[nH]c3=O)C[C@@H]2OP(OCCC#N)N(C(C)C)C(C)C)cc1. The molecule has 1 aliphatic heterocycles. The molecular weight excluding hydrogens is 702 g/mol. The van der Waals surface area contributed by atoms with Gasteiger partial charge in [0.2, 0.25) is 5.82 Å². The molecule has 1 saturated heterocycles. The zero-order chi connectivity index (χ0) is 38.3. The standard InChI is InChI=1S/C39H46FN4O8P/c1-25(2)44(26(3)4)53(50-22-10-21-41)52-33-23-34(43-24-32(40)37(46)42-38(43)47)51-35(33)36(45)39(27-11-8-7-9-12-27,28-13-17-30(48-5)18-14-28)29-15-19-31(49-6)20-16-29/h7-9,11-20,24-26,33-36,45H,10,22-23H2,1-6H3,(H,42,46,47)/t33-,34+,35-,36?,53?/m0/s1. The number of nitrogens with zero attached hydrogens (tertiary/aromatic N) is 3. The Kier molecular flexibility index (Phi) is 13.2. The van der Waals surface area contributed by atoms with E-state index in [0.29, 0.717) is 22.6 Å². The van der Waals surface area contributed by atoms with Crippen LogP contribution in [0.4, 0.5) is 4.39 Å². The average Bonchev–Trinajstić information content (AvgIpc) is 3.57. The number of nitriles is 1. The van der Waals surface area contributed by atoms with Gasteiger partial charge in [0.15, 0.2) is 0 Å². The van der Waals surface area contributed by atoms with E-state index in [1.165, 1.54) is 0 Å². The maximum Gasteiger partial charge on any atom is 0.330 e. The summed E-state index contributed by atoms with van der Waals surface area (Å²) < 4.78 is 48.4. The number of hydrogen-bond acceptors (Lipinski definition) is 10. The van der Waals surface area contributed by atoms with Crippen LogP contribution >= 0.6 is 8.53 Å². The lowest BCUT2D eigenvalue weighted by Gasteiger charge is -2.44. The van der Waals surface area contributed by atoms with Crippen LogP contribution in [-0.4, -0.2) is 70.6 Å². The number of hydrogen-bond donors (Lipinski definition) is 2. The summed E-state index contributed by atoms with van der Waals surface area (Å²) in [5.41, 5.74) is -1.26. The summed E-state index contributed by atoms with van der Waals surface area (Å²) in [6.07, 6.45) is -3.78. The van der Waals surface area contributed by atoms with E-state index < -0.39 is 55.5 Å². The minimum absolute atomic E-state index is 0.0202. The van der Waals surface area contributed by atoms with Crippen molar-refractivity contribution in [2.75, 3.05) is 20.8 Å². The van der Waals surface area contributed by atoms with Crippen molar-refractivity contribution >= 4 is 8.53 Å². The van der Waals surface area contributed by atoms with Gasteiger partial charge in [-0.25, -0.2) is 9.46 Å². The second-order valence-corrected chi connectivity index (χ2v) is 14.6. The molecule has 5 rings (SSSR count). The fraction of sp³-hybridized carbons (Fsp3) is 0.410. The molecule has 14 heteroatoms. The largest absolute Gasteiger partial charge is 0.497 e. The monoisotopic (exact) mass is 748 g/mol. The number of aliphatic hydroxyl groups is 1. The summed E-state index contributed by atoms with van der Waals surface area (Å²) in [7, 11) is 1.29. The molecule has 0 spiro atoms. The van der Waals surface area contributed by atoms with Gasteiger partial charge in [-0.1, -0.05) is 54.6 Å². The highest BCUT2D eigenvalue weighted by Gasteiger charge is 2.54. The number of methoxy groups -OCH3 is 2. The normalized spacial score (nSPS) is 18.6. The fourth-order valence-electron chi connectivity index (χ4n) is 6.97. The molecule has 2 heterocycles. The minimum Gasteiger partial charge on any atom is -0.497 e. The summed E-state index contributed by atoms with van der Waals surface area (Å²) in [5, 5.41) is 22.5. The highest BCUT2D eigenvalue weighted by molar-refractivity contribution is 7.44. The molecule has 1 fully saturated rings. The predicted octanol–water partition coefficient (Wildman–Crippen LogP) is 6.04. The fourth-order valence-corrected chi connectivity index (χ4v) is 8.71. The Morgan fingerprint density at radius 1 is 0.962 bits per heavy atom. The van der Waals surface area contributed by atoms with E-state index in [-0.39, 0.29) is 31.5 Å². The van der Waals surface area contributed by atoms with Gasteiger partial charge < -0.3 is 28.4 Å². The Labute approximate surface area is 309 Å². The lowest BCUT2D eigenvalue weighted by atomic mass is 9.64. The van der Waals surface area contributed by atoms with Crippen LogP contribution < -0.4 is 20.7 Å². The first kappa shape index (κ1) is 39.8. The zero-order valence-electron chi connectivity index (χ0n) is 30.6. The third kappa shape index (κ3) is 8.39. The quantitative estimate of drug-likeness (QED) is 0.0790. The van der Waals surface area contributed by atoms with Crippen molar-refractivity contribution in [3.63, 3.8) is 0 Å². The Morgan fingerprint density at radius 3 is 2.02 bits per heavy atom. The lowest BCUT2D eigenvalue weighted by molar-refractivity contribution is -0.0954. The first-order chi connectivity index (χ1) is 25.5. The molecule has 4 aromatic rings. The Balaban J connectivity index is 1.73. The van der Waals surface area contributed by atoms with Crippen LogP contribution in [0.3, 0.4) is 0 Å². The maximum atomic E-state index is 14.7. The van der Waals surface area contributed by atoms with Crippen molar-refractivity contribution in [1.82, 2.24) is 14.2 Å². The van der Waals surface area contributed by atoms with Crippen molar-refractivity contribution in [1.29, 1.82) is 5.26 Å². The van der Waals surface area contributed by atoms with E-state index in [1.807, 2.05) is 116 Å². The number of rotatable bonds is 16. The molecule has 0 bridgehead atoms. The number of benzene rings is 3. The second kappa shape index (κ2) is 17.6. The molecule has 0 amide bonds. The number of aliphatic hydroxyl groups excluding tert-OH is 1. The average molecular weight is 749 g/mol. The first-order valence-electron chi connectivity index (χ1n) is 17.4. The van der Waals surface area contributed by atoms with Gasteiger partial charge in [-0.15, -0.1) is 0 Å². The maximum absolute atomic E-state index is 14.7. The summed E-state index contributed by atoms with van der Waals surface area (Å²) in [4.78, 5) is 27.1. The number of halogens is 1. The molecule has 1 aliphatic rings. The Bertz CT molecular complexity index is 1890. The van der Waals surface area contributed by atoms with Crippen LogP contribution in [0.1, 0.15) is 63.5 Å². The predicted molar refractivity (Wildman–Crippen MR) is 198 cm³/mol. The van der Waals surface area contributed by atoms with Crippen molar-refractivity contribution in [3.05, 3.63) is 128 Å². The summed E-state index contributed by atoms with van der Waals surface area (Å²) in [6.45, 7) is 8.11. The third-order valence-corrected chi connectivity index (χ3v) is 11.5. The molecule has 53 heavy (non-hydrogen) atoms. The van der Waals surface area contributed by atoms with Crippen LogP contribution in [0.15, 0.2) is 94.6 Å². The van der Waals surface area contributed by atoms with Gasteiger partial charge >= 0.3 is 5.69 Å². The van der Waals surface area contributed by atoms with Gasteiger partial charge in [0, 0.05) is 18.5 Å². The van der Waals surface area contributed by atoms with Gasteiger partial charge in [-0.2, -0.15) is 9.65 Å². The summed E-state index contributed by atoms with van der Waals surface area (Å²) in [6, 6.07) is 26.2. The smallest absolute Gasteiger partial charge is 0.330 e. The third-order valence-electron chi connectivity index (χ3n) is 9.31. The minimum atomic E-state index is -1.86. The molecule has 5 atom stereocenters. The van der Waals surface area contributed by atoms with Crippen molar-refractivity contribution in [2.45, 2.75) is 82.6 Å². The number of ether oxygens (including phenoxy) is 3. The van der Waals surface area contributed by atoms with Crippen molar-refractivity contribution in [2.24, 2.45) is 0 Å². The van der Waals surface area contributed by atoms with Gasteiger partial charge in [0.05, 0.1) is 51.0 Å². The van der Waals surface area contributed by atoms with Gasteiger partial charge in [0.25, 0.3) is 14.1 Å². The van der Waals surface area contributed by atoms with E-state index in [9.17, 15) is 24.3 Å². The van der Waals surface area contributed by atoms with E-state index in [2.05, 4.69) is 6.07 Å². The van der Waals surface area contributed by atoms with E-state index in [4.69, 9.17) is 23.3 Å². The number of H-pyrrole nitrogens is 1. The van der Waals surface area contributed by atoms with Crippen LogP contribution in [-0.2, 0) is 19.2 Å². The van der Waals surface area contributed by atoms with Gasteiger partial charge in [-0.05, 0) is 68.7 Å². The summed E-state index contributed by atoms with van der Waals surface area (Å²) >= 11 is 0. The molecule has 0 aliphatic carbocycles. The number of nitrogens with one attached hydrogen (secondary N) is 1. The Morgan fingerprint density at radius 2 is 1.51 bits per heavy atom. The van der Waals surface area contributed by atoms with E-state index >= 15 is 0 Å². The molecule has 2 N–H and O–H groups in total. The Hall–Kier alpha value is -4.41. The molecule has 3 aromatic carbocycles. The number of aromatic amines is 1. The molecule has 282 valence electrons. The first-order valence-corrected chi connectivity index (χ1v) is 18.5. The van der Waals surface area contributed by atoms with Gasteiger partial charge in [-0.3, -0.25) is 14.3 Å². The second-order valence-electron chi connectivity index (χ2n) is 13.2. The molecule has 1 aromatic heterocycles. The van der Waals surface area contributed by atoms with Crippen LogP contribution in [0.2, 0.25) is 0 Å². The van der Waals surface area contributed by atoms with Crippen molar-refractivity contribution in [3.8, 4) is 17.6 Å². The van der Waals surface area contributed by atoms with E-state index in [0.717, 1.165) is 16.3 Å². The molecule has 0 radical (unpaired) electrons. The highest BCUT2D eigenvalue weighted by Crippen LogP contribution is 2.53. The summed E-state index contributed by atoms with van der Waals surface area (Å²) in [5.74, 6) is 0.0541. The van der Waals surface area contributed by atoms with E-state index in [1.54, 1.807) is 14.2 Å². The van der Waals surface area contributed by atoms with Crippen molar-refractivity contribution < 1.29 is 32.8 Å². The lowest BCUT2D eigenvalue weighted by Crippen LogP contribution is -2.52. The molecular formula is C39H46FN4O8P. The van der Waals surface area contributed by atoms with Crippen LogP contribution in [0.5, 0.6) is 11.5 Å². The van der Waals surface area contributed by atoms with Crippen LogP contribution in [0, 0.1) is 17.1 Å². The van der Waals surface area contributed by atoms with Crippen LogP contribution in [0.25, 0.3) is 0 Å². The molecule has 12 nitrogen and oxygen atoms in total. The molecule has 0 saturated carbocycles.